The third-order valence-corrected chi connectivity index (χ3v) is 5.42. The van der Waals surface area contributed by atoms with Gasteiger partial charge in [0.1, 0.15) is 24.4 Å². The standard InChI is InChI=1S/C15H25O8P/c1-14(2)20-10-9(8-18-24-16-6-5-7-17-24)19-13-12(11(10)21-14)22-15(3,4)23-13/h9-13H,5-8H2,1-4H3/t9-,10+,11+,12-,13-/m1/s1. The summed E-state index contributed by atoms with van der Waals surface area (Å²) in [7, 11) is -1.32. The monoisotopic (exact) mass is 364 g/mol. The quantitative estimate of drug-likeness (QED) is 0.705. The van der Waals surface area contributed by atoms with Gasteiger partial charge in [-0.2, -0.15) is 0 Å². The number of rotatable bonds is 3. The molecule has 5 atom stereocenters. The minimum atomic E-state index is -1.32. The van der Waals surface area contributed by atoms with Crippen LogP contribution in [0.3, 0.4) is 0 Å². The van der Waals surface area contributed by atoms with Crippen LogP contribution in [0.25, 0.3) is 0 Å². The molecule has 0 N–H and O–H groups in total. The molecule has 0 unspecified atom stereocenters. The molecule has 0 amide bonds. The molecule has 8 nitrogen and oxygen atoms in total. The van der Waals surface area contributed by atoms with Crippen molar-refractivity contribution in [2.45, 2.75) is 76.4 Å². The highest BCUT2D eigenvalue weighted by molar-refractivity contribution is 7.41. The molecule has 24 heavy (non-hydrogen) atoms. The lowest BCUT2D eigenvalue weighted by Crippen LogP contribution is -2.56. The van der Waals surface area contributed by atoms with E-state index in [-0.39, 0.29) is 24.4 Å². The minimum absolute atomic E-state index is 0.268. The lowest BCUT2D eigenvalue weighted by Gasteiger charge is -2.37. The van der Waals surface area contributed by atoms with Crippen molar-refractivity contribution in [3.63, 3.8) is 0 Å². The van der Waals surface area contributed by atoms with E-state index in [0.717, 1.165) is 6.42 Å². The van der Waals surface area contributed by atoms with Gasteiger partial charge in [-0.15, -0.1) is 0 Å². The molecule has 9 heteroatoms. The Morgan fingerprint density at radius 2 is 1.50 bits per heavy atom. The van der Waals surface area contributed by atoms with Crippen molar-refractivity contribution in [3.8, 4) is 0 Å². The summed E-state index contributed by atoms with van der Waals surface area (Å²) in [6.07, 6.45) is -0.841. The molecule has 0 saturated carbocycles. The molecule has 138 valence electrons. The van der Waals surface area contributed by atoms with Gasteiger partial charge in [0.05, 0.1) is 19.8 Å². The van der Waals surface area contributed by atoms with E-state index in [0.29, 0.717) is 19.8 Å². The van der Waals surface area contributed by atoms with Gasteiger partial charge in [-0.05, 0) is 34.1 Å². The molecule has 4 rings (SSSR count). The average Bonchev–Trinajstić information content (AvgIpc) is 3.00. The van der Waals surface area contributed by atoms with Crippen LogP contribution >= 0.6 is 8.60 Å². The number of hydrogen-bond donors (Lipinski definition) is 0. The van der Waals surface area contributed by atoms with Gasteiger partial charge >= 0.3 is 8.60 Å². The van der Waals surface area contributed by atoms with Gasteiger partial charge in [-0.3, -0.25) is 0 Å². The summed E-state index contributed by atoms with van der Waals surface area (Å²) >= 11 is 0. The molecule has 0 aliphatic carbocycles. The summed E-state index contributed by atoms with van der Waals surface area (Å²) < 4.78 is 46.7. The maximum absolute atomic E-state index is 6.07. The van der Waals surface area contributed by atoms with E-state index in [1.807, 2.05) is 27.7 Å². The van der Waals surface area contributed by atoms with Gasteiger partial charge in [0, 0.05) is 0 Å². The first kappa shape index (κ1) is 17.5. The van der Waals surface area contributed by atoms with Crippen molar-refractivity contribution in [3.05, 3.63) is 0 Å². The largest absolute Gasteiger partial charge is 0.342 e. The van der Waals surface area contributed by atoms with Crippen molar-refractivity contribution in [2.75, 3.05) is 19.8 Å². The molecule has 0 spiro atoms. The summed E-state index contributed by atoms with van der Waals surface area (Å²) in [6, 6.07) is 0. The molecule has 4 aliphatic heterocycles. The number of hydrogen-bond acceptors (Lipinski definition) is 8. The second kappa shape index (κ2) is 6.37. The fourth-order valence-electron chi connectivity index (χ4n) is 3.41. The van der Waals surface area contributed by atoms with Crippen molar-refractivity contribution < 1.29 is 37.3 Å². The second-order valence-corrected chi connectivity index (χ2v) is 8.47. The molecular formula is C15H25O8P. The summed E-state index contributed by atoms with van der Waals surface area (Å²) in [5, 5.41) is 0. The van der Waals surface area contributed by atoms with E-state index in [1.54, 1.807) is 0 Å². The Kier molecular flexibility index (Phi) is 4.65. The molecule has 4 heterocycles. The summed E-state index contributed by atoms with van der Waals surface area (Å²) in [4.78, 5) is 0. The van der Waals surface area contributed by atoms with Gasteiger partial charge in [-0.1, -0.05) is 0 Å². The maximum Gasteiger partial charge on any atom is 0.332 e. The summed E-state index contributed by atoms with van der Waals surface area (Å²) in [5.74, 6) is -1.42. The second-order valence-electron chi connectivity index (χ2n) is 7.25. The highest BCUT2D eigenvalue weighted by Gasteiger charge is 2.60. The fourth-order valence-corrected chi connectivity index (χ4v) is 4.46. The van der Waals surface area contributed by atoms with Crippen LogP contribution in [0.5, 0.6) is 0 Å². The van der Waals surface area contributed by atoms with Crippen LogP contribution in [-0.4, -0.2) is 62.1 Å². The first-order valence-electron chi connectivity index (χ1n) is 8.39. The smallest absolute Gasteiger partial charge is 0.332 e. The predicted molar refractivity (Wildman–Crippen MR) is 81.9 cm³/mol. The first-order valence-corrected chi connectivity index (χ1v) is 9.48. The van der Waals surface area contributed by atoms with Crippen LogP contribution in [0.2, 0.25) is 0 Å². The Morgan fingerprint density at radius 1 is 0.875 bits per heavy atom. The van der Waals surface area contributed by atoms with E-state index in [2.05, 4.69) is 0 Å². The van der Waals surface area contributed by atoms with Gasteiger partial charge in [-0.25, -0.2) is 0 Å². The van der Waals surface area contributed by atoms with E-state index in [9.17, 15) is 0 Å². The Bertz CT molecular complexity index is 466. The fraction of sp³-hybridized carbons (Fsp3) is 1.00. The maximum atomic E-state index is 6.07. The van der Waals surface area contributed by atoms with Gasteiger partial charge in [0.25, 0.3) is 0 Å². The van der Waals surface area contributed by atoms with Crippen molar-refractivity contribution in [2.24, 2.45) is 0 Å². The van der Waals surface area contributed by atoms with Crippen LogP contribution in [0.15, 0.2) is 0 Å². The average molecular weight is 364 g/mol. The molecular weight excluding hydrogens is 339 g/mol. The van der Waals surface area contributed by atoms with Crippen LogP contribution in [-0.2, 0) is 37.3 Å². The van der Waals surface area contributed by atoms with Crippen LogP contribution in [0, 0.1) is 0 Å². The normalized spacial score (nSPS) is 44.2. The molecule has 0 aromatic carbocycles. The topological polar surface area (TPSA) is 73.8 Å². The van der Waals surface area contributed by atoms with Crippen molar-refractivity contribution in [1.29, 1.82) is 0 Å². The van der Waals surface area contributed by atoms with E-state index < -0.39 is 26.5 Å². The molecule has 4 fully saturated rings. The van der Waals surface area contributed by atoms with Crippen LogP contribution < -0.4 is 0 Å². The highest BCUT2D eigenvalue weighted by atomic mass is 31.2. The zero-order valence-corrected chi connectivity index (χ0v) is 15.3. The molecule has 0 aromatic rings. The van der Waals surface area contributed by atoms with Crippen molar-refractivity contribution >= 4 is 8.60 Å². The number of fused-ring (bicyclic) bond motifs is 3. The zero-order chi connectivity index (χ0) is 16.9. The third kappa shape index (κ3) is 3.49. The SMILES string of the molecule is CC1(C)O[C@H]2[C@@H](O1)[C@@H](COP1OCCCO1)O[C@@H]1OC(C)(C)O[C@@H]12. The molecule has 0 aromatic heterocycles. The Morgan fingerprint density at radius 3 is 2.25 bits per heavy atom. The zero-order valence-electron chi connectivity index (χ0n) is 14.4. The van der Waals surface area contributed by atoms with Gasteiger partial charge in [0.2, 0.25) is 0 Å². The highest BCUT2D eigenvalue weighted by Crippen LogP contribution is 2.46. The lowest BCUT2D eigenvalue weighted by atomic mass is 9.99. The van der Waals surface area contributed by atoms with E-state index in [1.165, 1.54) is 0 Å². The Hall–Kier alpha value is 0.110. The van der Waals surface area contributed by atoms with E-state index in [4.69, 9.17) is 37.3 Å². The summed E-state index contributed by atoms with van der Waals surface area (Å²) in [5.41, 5.74) is 0. The first-order chi connectivity index (χ1) is 11.3. The Balaban J connectivity index is 1.45. The Labute approximate surface area is 142 Å². The molecule has 4 saturated heterocycles. The van der Waals surface area contributed by atoms with Crippen LogP contribution in [0.1, 0.15) is 34.1 Å². The number of ether oxygens (including phenoxy) is 5. The van der Waals surface area contributed by atoms with Crippen molar-refractivity contribution in [1.82, 2.24) is 0 Å². The third-order valence-electron chi connectivity index (χ3n) is 4.28. The molecule has 0 bridgehead atoms. The molecule has 4 aliphatic rings. The predicted octanol–water partition coefficient (Wildman–Crippen LogP) is 2.06. The van der Waals surface area contributed by atoms with Gasteiger partial charge in [0.15, 0.2) is 17.9 Å². The lowest BCUT2D eigenvalue weighted by molar-refractivity contribution is -0.239. The summed E-state index contributed by atoms with van der Waals surface area (Å²) in [6.45, 7) is 9.11. The van der Waals surface area contributed by atoms with Crippen LogP contribution in [0.4, 0.5) is 0 Å². The molecule has 0 radical (unpaired) electrons. The van der Waals surface area contributed by atoms with Gasteiger partial charge < -0.3 is 37.3 Å². The minimum Gasteiger partial charge on any atom is -0.342 e. The van der Waals surface area contributed by atoms with E-state index >= 15 is 0 Å².